The van der Waals surface area contributed by atoms with E-state index >= 15 is 0 Å². The van der Waals surface area contributed by atoms with Gasteiger partial charge in [0.15, 0.2) is 0 Å². The Bertz CT molecular complexity index is 398. The van der Waals surface area contributed by atoms with E-state index < -0.39 is 0 Å². The molecule has 1 aliphatic heterocycles. The van der Waals surface area contributed by atoms with Crippen LogP contribution in [0.1, 0.15) is 0 Å². The number of nitrogens with zero attached hydrogens (tertiary/aromatic N) is 2. The highest BCUT2D eigenvalue weighted by Crippen LogP contribution is 1.79. The molecule has 0 amide bonds. The molecular weight excluding hydrogens is 148 g/mol. The summed E-state index contributed by atoms with van der Waals surface area (Å²) in [4.78, 5) is 8.20. The normalized spacial score (nSPS) is 24.7. The van der Waals surface area contributed by atoms with E-state index in [0.717, 1.165) is 10.6 Å². The zero-order valence-electron chi connectivity index (χ0n) is 6.51. The zero-order chi connectivity index (χ0) is 8.23. The van der Waals surface area contributed by atoms with Crippen molar-refractivity contribution in [3.8, 4) is 0 Å². The highest BCUT2D eigenvalue weighted by molar-refractivity contribution is 5.91. The van der Waals surface area contributed by atoms with Gasteiger partial charge in [0.2, 0.25) is 0 Å². The van der Waals surface area contributed by atoms with Crippen LogP contribution in [-0.4, -0.2) is 6.21 Å². The summed E-state index contributed by atoms with van der Waals surface area (Å²) in [5.41, 5.74) is 0. The van der Waals surface area contributed by atoms with Crippen LogP contribution in [0.5, 0.6) is 0 Å². The van der Waals surface area contributed by atoms with Gasteiger partial charge in [-0.2, -0.15) is 0 Å². The number of aliphatic imine (C=N–C) groups is 1. The molecule has 0 bridgehead atoms. The lowest BCUT2D eigenvalue weighted by Gasteiger charge is -1.88. The largest absolute Gasteiger partial charge is 0.263 e. The summed E-state index contributed by atoms with van der Waals surface area (Å²) in [6.45, 7) is 0. The Morgan fingerprint density at radius 1 is 1.00 bits per heavy atom. The van der Waals surface area contributed by atoms with Gasteiger partial charge >= 0.3 is 0 Å². The van der Waals surface area contributed by atoms with Crippen molar-refractivity contribution in [2.45, 2.75) is 0 Å². The molecule has 0 fully saturated rings. The number of benzene rings is 1. The number of para-hydroxylation sites is 1. The van der Waals surface area contributed by atoms with E-state index in [1.54, 1.807) is 18.6 Å². The number of hydrogen-bond acceptors (Lipinski definition) is 2. The van der Waals surface area contributed by atoms with Gasteiger partial charge in [-0.1, -0.05) is 18.2 Å². The van der Waals surface area contributed by atoms with Gasteiger partial charge in [0.25, 0.3) is 0 Å². The lowest BCUT2D eigenvalue weighted by atomic mass is 10.2. The minimum atomic E-state index is 0.986. The molecule has 0 saturated carbocycles. The van der Waals surface area contributed by atoms with E-state index in [1.807, 2.05) is 30.3 Å². The van der Waals surface area contributed by atoms with Crippen molar-refractivity contribution in [2.24, 2.45) is 9.98 Å². The molecule has 1 heterocycles. The second kappa shape index (κ2) is 3.13. The monoisotopic (exact) mass is 156 g/mol. The van der Waals surface area contributed by atoms with Crippen molar-refractivity contribution in [3.63, 3.8) is 0 Å². The van der Waals surface area contributed by atoms with Gasteiger partial charge in [0, 0.05) is 23.8 Å². The van der Waals surface area contributed by atoms with Crippen molar-refractivity contribution in [1.82, 2.24) is 0 Å². The van der Waals surface area contributed by atoms with Gasteiger partial charge < -0.3 is 0 Å². The predicted molar refractivity (Wildman–Crippen MR) is 49.3 cm³/mol. The van der Waals surface area contributed by atoms with Gasteiger partial charge in [0.05, 0.1) is 5.36 Å². The van der Waals surface area contributed by atoms with Crippen LogP contribution in [0.4, 0.5) is 0 Å². The molecule has 0 spiro atoms. The molecule has 1 aliphatic rings. The Kier molecular flexibility index (Phi) is 1.82. The van der Waals surface area contributed by atoms with E-state index in [-0.39, 0.29) is 0 Å². The van der Waals surface area contributed by atoms with Crippen LogP contribution < -0.4 is 10.6 Å². The lowest BCUT2D eigenvalue weighted by Crippen LogP contribution is -2.23. The fourth-order valence-electron chi connectivity index (χ4n) is 1.07. The molecule has 1 aromatic carbocycles. The van der Waals surface area contributed by atoms with Crippen molar-refractivity contribution in [3.05, 3.63) is 47.2 Å². The van der Waals surface area contributed by atoms with E-state index in [1.165, 1.54) is 0 Å². The predicted octanol–water partition coefficient (Wildman–Crippen LogP) is 0.642. The van der Waals surface area contributed by atoms with Crippen LogP contribution in [0, 0.1) is 0 Å². The van der Waals surface area contributed by atoms with E-state index in [9.17, 15) is 0 Å². The van der Waals surface area contributed by atoms with Crippen LogP contribution in [-0.2, 0) is 0 Å². The van der Waals surface area contributed by atoms with E-state index in [0.29, 0.717) is 0 Å². The second-order valence-corrected chi connectivity index (χ2v) is 2.45. The van der Waals surface area contributed by atoms with Crippen LogP contribution in [0.2, 0.25) is 0 Å². The fourth-order valence-corrected chi connectivity index (χ4v) is 1.07. The molecule has 0 atom stereocenters. The average Bonchev–Trinajstić information content (AvgIpc) is 2.06. The van der Waals surface area contributed by atoms with Gasteiger partial charge in [-0.25, -0.2) is 0 Å². The Labute approximate surface area is 70.3 Å². The standard InChI is InChI=1S/C10H8N2/c1-2-4-10-9(3-1)5-6-11-7-8-12-10/h1-8H/b6-5?,8-7-,9-5-,11-6+,11-7?,12-8?,12-10+. The van der Waals surface area contributed by atoms with Gasteiger partial charge in [-0.3, -0.25) is 9.98 Å². The molecule has 0 aliphatic carbocycles. The quantitative estimate of drug-likeness (QED) is 0.526. The highest BCUT2D eigenvalue weighted by Gasteiger charge is 1.83. The molecule has 58 valence electrons. The van der Waals surface area contributed by atoms with Gasteiger partial charge in [-0.05, 0) is 12.1 Å². The summed E-state index contributed by atoms with van der Waals surface area (Å²) in [5, 5.41) is 2.09. The lowest BCUT2D eigenvalue weighted by molar-refractivity contribution is 1.29. The first-order valence-corrected chi connectivity index (χ1v) is 3.78. The molecule has 2 heteroatoms. The topological polar surface area (TPSA) is 24.7 Å². The summed E-state index contributed by atoms with van der Waals surface area (Å²) < 4.78 is 0. The fraction of sp³-hybridized carbons (Fsp3) is 0. The third-order valence-corrected chi connectivity index (χ3v) is 1.64. The van der Waals surface area contributed by atoms with E-state index in [2.05, 4.69) is 9.98 Å². The van der Waals surface area contributed by atoms with Gasteiger partial charge in [0.1, 0.15) is 0 Å². The van der Waals surface area contributed by atoms with Crippen molar-refractivity contribution >= 4 is 12.3 Å². The van der Waals surface area contributed by atoms with Gasteiger partial charge in [-0.15, -0.1) is 0 Å². The van der Waals surface area contributed by atoms with Crippen LogP contribution >= 0.6 is 0 Å². The Morgan fingerprint density at radius 2 is 1.92 bits per heavy atom. The number of rotatable bonds is 0. The van der Waals surface area contributed by atoms with Crippen LogP contribution in [0.25, 0.3) is 6.08 Å². The molecule has 0 radical (unpaired) electrons. The zero-order valence-corrected chi connectivity index (χ0v) is 6.51. The summed E-state index contributed by atoms with van der Waals surface area (Å²) in [7, 11) is 0. The minimum absolute atomic E-state index is 0.986. The maximum Gasteiger partial charge on any atom is 0.0703 e. The molecule has 2 rings (SSSR count). The highest BCUT2D eigenvalue weighted by atomic mass is 14.7. The average molecular weight is 156 g/mol. The Morgan fingerprint density at radius 3 is 2.92 bits per heavy atom. The molecule has 0 aromatic heterocycles. The van der Waals surface area contributed by atoms with Crippen molar-refractivity contribution < 1.29 is 0 Å². The summed E-state index contributed by atoms with van der Waals surface area (Å²) in [6.07, 6.45) is 7.08. The molecular formula is C10H8N2. The molecule has 0 saturated heterocycles. The third-order valence-electron chi connectivity index (χ3n) is 1.64. The molecule has 0 N–H and O–H groups in total. The Hall–Kier alpha value is -1.70. The van der Waals surface area contributed by atoms with E-state index in [4.69, 9.17) is 0 Å². The summed E-state index contributed by atoms with van der Waals surface area (Å²) in [5.74, 6) is 0. The summed E-state index contributed by atoms with van der Waals surface area (Å²) in [6, 6.07) is 7.96. The van der Waals surface area contributed by atoms with Crippen LogP contribution in [0.15, 0.2) is 46.7 Å². The first kappa shape index (κ1) is 6.98. The molecule has 0 unspecified atom stereocenters. The third kappa shape index (κ3) is 1.32. The first-order chi connectivity index (χ1) is 5.97. The summed E-state index contributed by atoms with van der Waals surface area (Å²) >= 11 is 0. The molecule has 2 nitrogen and oxygen atoms in total. The number of fused-ring (bicyclic) bond motifs is 1. The Balaban J connectivity index is 2.80. The minimum Gasteiger partial charge on any atom is -0.263 e. The number of hydrogen-bond donors (Lipinski definition) is 0. The maximum absolute atomic E-state index is 4.22. The molecule has 1 aromatic rings. The van der Waals surface area contributed by atoms with Crippen LogP contribution in [0.3, 0.4) is 0 Å². The SMILES string of the molecule is C1=C\N=c2/cccc/c2=C/C=N/1. The first-order valence-electron chi connectivity index (χ1n) is 3.78. The second-order valence-electron chi connectivity index (χ2n) is 2.45. The maximum atomic E-state index is 4.22. The van der Waals surface area contributed by atoms with Crippen molar-refractivity contribution in [2.75, 3.05) is 0 Å². The van der Waals surface area contributed by atoms with Crippen molar-refractivity contribution in [1.29, 1.82) is 0 Å². The molecule has 12 heavy (non-hydrogen) atoms. The smallest absolute Gasteiger partial charge is 0.0703 e.